The van der Waals surface area contributed by atoms with E-state index >= 15 is 0 Å². The molecule has 0 fully saturated rings. The lowest BCUT2D eigenvalue weighted by Gasteiger charge is -2.33. The lowest BCUT2D eigenvalue weighted by atomic mass is 9.77. The van der Waals surface area contributed by atoms with Crippen LogP contribution in [0.1, 0.15) is 47.8 Å². The number of rotatable bonds is 3. The van der Waals surface area contributed by atoms with Gasteiger partial charge in [0.05, 0.1) is 16.9 Å². The maximum atomic E-state index is 7.14. The molecule has 0 radical (unpaired) electrons. The minimum absolute atomic E-state index is 0.381. The first-order valence-electron chi connectivity index (χ1n) is 18.5. The predicted molar refractivity (Wildman–Crippen MR) is 220 cm³/mol. The fraction of sp³-hybridized carbons (Fsp3) is 0.0833. The van der Waals surface area contributed by atoms with Gasteiger partial charge < -0.3 is 14.3 Å². The number of furan rings is 1. The largest absolute Gasteiger partial charge is 0.454 e. The zero-order valence-corrected chi connectivity index (χ0v) is 29.9. The molecule has 54 heavy (non-hydrogen) atoms. The summed E-state index contributed by atoms with van der Waals surface area (Å²) in [6, 6.07) is 57.3. The molecule has 1 N–H and O–H groups in total. The van der Waals surface area contributed by atoms with Crippen molar-refractivity contribution in [2.24, 2.45) is 9.98 Å². The van der Waals surface area contributed by atoms with Gasteiger partial charge >= 0.3 is 0 Å². The molecule has 2 aliphatic heterocycles. The number of allylic oxidation sites excluding steroid dienone is 1. The van der Waals surface area contributed by atoms with Crippen molar-refractivity contribution in [3.05, 3.63) is 192 Å². The summed E-state index contributed by atoms with van der Waals surface area (Å²) in [6.07, 6.45) is -0.381. The van der Waals surface area contributed by atoms with Gasteiger partial charge in [0.15, 0.2) is 11.6 Å². The molecule has 3 aliphatic rings. The molecule has 6 nitrogen and oxygen atoms in total. The average molecular weight is 698 g/mol. The number of anilines is 1. The fourth-order valence-corrected chi connectivity index (χ4v) is 8.82. The van der Waals surface area contributed by atoms with E-state index in [-0.39, 0.29) is 11.6 Å². The Bertz CT molecular complexity index is 2880. The number of fused-ring (bicyclic) bond motifs is 10. The molecule has 1 atom stereocenters. The van der Waals surface area contributed by atoms with E-state index in [4.69, 9.17) is 14.4 Å². The van der Waals surface area contributed by atoms with Crippen LogP contribution >= 0.6 is 0 Å². The van der Waals surface area contributed by atoms with Crippen molar-refractivity contribution in [3.8, 4) is 17.1 Å². The highest BCUT2D eigenvalue weighted by molar-refractivity contribution is 6.28. The Morgan fingerprint density at radius 1 is 0.667 bits per heavy atom. The average Bonchev–Trinajstić information content (AvgIpc) is 3.81. The third-order valence-corrected chi connectivity index (χ3v) is 11.2. The van der Waals surface area contributed by atoms with Gasteiger partial charge in [0.1, 0.15) is 17.4 Å². The van der Waals surface area contributed by atoms with E-state index in [1.807, 2.05) is 24.3 Å². The van der Waals surface area contributed by atoms with Crippen LogP contribution < -0.4 is 10.2 Å². The Kier molecular flexibility index (Phi) is 6.56. The Morgan fingerprint density at radius 2 is 1.31 bits per heavy atom. The molecular weight excluding hydrogens is 663 g/mol. The topological polar surface area (TPSA) is 58.1 Å². The molecule has 0 amide bonds. The maximum Gasteiger partial charge on any atom is 0.212 e. The van der Waals surface area contributed by atoms with E-state index in [9.17, 15) is 0 Å². The molecule has 1 unspecified atom stereocenters. The Labute approximate surface area is 313 Å². The molecule has 11 rings (SSSR count). The van der Waals surface area contributed by atoms with E-state index in [1.165, 1.54) is 16.7 Å². The number of nitrogens with one attached hydrogen (secondary N) is 1. The third-order valence-electron chi connectivity index (χ3n) is 11.2. The molecule has 0 saturated carbocycles. The zero-order valence-electron chi connectivity index (χ0n) is 29.9. The number of hydrogen-bond acceptors (Lipinski definition) is 5. The standard InChI is InChI=1S/C48H35N5O/c1-48(2)36-27-15-12-24-33(36)41-40(48)39-35-26-14-17-29-38(35)54-44(39)43-42(34-25-13-16-28-37(34)52(43)32-22-10-5-11-23-32)53(41)47-50-45(30-18-6-3-7-19-30)49-46(51-47)31-20-8-4-9-21-31/h3-29,45H,1-2H3,(H,49,50,51). The summed E-state index contributed by atoms with van der Waals surface area (Å²) in [4.78, 5) is 13.1. The smallest absolute Gasteiger partial charge is 0.212 e. The van der Waals surface area contributed by atoms with Gasteiger partial charge in [-0.2, -0.15) is 4.99 Å². The SMILES string of the molecule is CC1(C)C2=C(c3ccccc31)N(C1=NC(c3ccccc3)=NC(c3ccccc3)N1)c1c(n(-c3ccccc3)c3ccccc13)-c1oc3ccccc3c12. The second-order valence-corrected chi connectivity index (χ2v) is 14.6. The number of nitrogens with zero attached hydrogens (tertiary/aromatic N) is 4. The van der Waals surface area contributed by atoms with Gasteiger partial charge in [-0.3, -0.25) is 4.90 Å². The van der Waals surface area contributed by atoms with Crippen LogP contribution in [0.15, 0.2) is 178 Å². The van der Waals surface area contributed by atoms with E-state index < -0.39 is 0 Å². The van der Waals surface area contributed by atoms with E-state index in [0.717, 1.165) is 67.1 Å². The molecule has 0 saturated heterocycles. The number of aromatic nitrogens is 1. The van der Waals surface area contributed by atoms with Gasteiger partial charge in [-0.05, 0) is 41.0 Å². The fourth-order valence-electron chi connectivity index (χ4n) is 8.82. The number of guanidine groups is 1. The van der Waals surface area contributed by atoms with Gasteiger partial charge in [0, 0.05) is 38.6 Å². The molecule has 1 aliphatic carbocycles. The van der Waals surface area contributed by atoms with Crippen LogP contribution in [0.4, 0.5) is 5.69 Å². The van der Waals surface area contributed by atoms with Crippen molar-refractivity contribution in [2.75, 3.05) is 4.90 Å². The lowest BCUT2D eigenvalue weighted by molar-refractivity contribution is 0.624. The molecule has 6 heteroatoms. The van der Waals surface area contributed by atoms with Crippen molar-refractivity contribution < 1.29 is 4.42 Å². The molecule has 0 bridgehead atoms. The van der Waals surface area contributed by atoms with Gasteiger partial charge in [-0.15, -0.1) is 0 Å². The molecule has 0 spiro atoms. The van der Waals surface area contributed by atoms with Crippen molar-refractivity contribution in [2.45, 2.75) is 25.4 Å². The van der Waals surface area contributed by atoms with Crippen LogP contribution in [0, 0.1) is 0 Å². The number of aliphatic imine (C=N–C) groups is 2. The Hall–Kier alpha value is -6.92. The van der Waals surface area contributed by atoms with Gasteiger partial charge in [-0.25, -0.2) is 4.99 Å². The first-order valence-corrected chi connectivity index (χ1v) is 18.5. The molecule has 6 aromatic carbocycles. The molecule has 4 heterocycles. The molecule has 8 aromatic rings. The Morgan fingerprint density at radius 3 is 2.11 bits per heavy atom. The van der Waals surface area contributed by atoms with E-state index in [0.29, 0.717) is 11.8 Å². The van der Waals surface area contributed by atoms with Crippen molar-refractivity contribution >= 4 is 50.6 Å². The molecule has 258 valence electrons. The minimum Gasteiger partial charge on any atom is -0.454 e. The van der Waals surface area contributed by atoms with Crippen LogP contribution in [0.25, 0.3) is 50.3 Å². The highest BCUT2D eigenvalue weighted by atomic mass is 16.3. The second kappa shape index (κ2) is 11.5. The number of benzene rings is 6. The summed E-state index contributed by atoms with van der Waals surface area (Å²) in [5.41, 5.74) is 12.4. The van der Waals surface area contributed by atoms with Crippen molar-refractivity contribution in [1.29, 1.82) is 0 Å². The predicted octanol–water partition coefficient (Wildman–Crippen LogP) is 11.1. The van der Waals surface area contributed by atoms with Crippen LogP contribution in [-0.4, -0.2) is 16.4 Å². The molecule has 2 aromatic heterocycles. The maximum absolute atomic E-state index is 7.14. The normalized spacial score (nSPS) is 16.9. The summed E-state index contributed by atoms with van der Waals surface area (Å²) in [5, 5.41) is 6.04. The first-order chi connectivity index (χ1) is 26.6. The minimum atomic E-state index is -0.382. The zero-order chi connectivity index (χ0) is 36.0. The summed E-state index contributed by atoms with van der Waals surface area (Å²) in [6.45, 7) is 4.69. The van der Waals surface area contributed by atoms with E-state index in [2.05, 4.69) is 168 Å². The second-order valence-electron chi connectivity index (χ2n) is 14.6. The lowest BCUT2D eigenvalue weighted by Crippen LogP contribution is -2.45. The van der Waals surface area contributed by atoms with Crippen LogP contribution in [0.3, 0.4) is 0 Å². The number of amidine groups is 1. The highest BCUT2D eigenvalue weighted by Gasteiger charge is 2.48. The van der Waals surface area contributed by atoms with Crippen molar-refractivity contribution in [3.63, 3.8) is 0 Å². The van der Waals surface area contributed by atoms with Crippen molar-refractivity contribution in [1.82, 2.24) is 9.88 Å². The monoisotopic (exact) mass is 697 g/mol. The summed E-state index contributed by atoms with van der Waals surface area (Å²) in [5.74, 6) is 2.21. The summed E-state index contributed by atoms with van der Waals surface area (Å²) < 4.78 is 9.51. The Balaban J connectivity index is 1.32. The third kappa shape index (κ3) is 4.34. The highest BCUT2D eigenvalue weighted by Crippen LogP contribution is 2.61. The van der Waals surface area contributed by atoms with Crippen LogP contribution in [0.5, 0.6) is 0 Å². The number of hydrogen-bond donors (Lipinski definition) is 1. The van der Waals surface area contributed by atoms with Crippen LogP contribution in [0.2, 0.25) is 0 Å². The summed E-state index contributed by atoms with van der Waals surface area (Å²) >= 11 is 0. The van der Waals surface area contributed by atoms with Gasteiger partial charge in [-0.1, -0.05) is 153 Å². The van der Waals surface area contributed by atoms with E-state index in [1.54, 1.807) is 0 Å². The summed E-state index contributed by atoms with van der Waals surface area (Å²) in [7, 11) is 0. The number of para-hydroxylation sites is 3. The van der Waals surface area contributed by atoms with Gasteiger partial charge in [0.2, 0.25) is 5.96 Å². The quantitative estimate of drug-likeness (QED) is 0.200. The molecular formula is C48H35N5O. The van der Waals surface area contributed by atoms with Crippen LogP contribution in [-0.2, 0) is 5.41 Å². The van der Waals surface area contributed by atoms with Gasteiger partial charge in [0.25, 0.3) is 0 Å². The first kappa shape index (κ1) is 30.7.